The molecule has 0 atom stereocenters. The highest BCUT2D eigenvalue weighted by Crippen LogP contribution is 2.43. The van der Waals surface area contributed by atoms with Crippen molar-refractivity contribution in [2.75, 3.05) is 5.32 Å². The molecule has 19 aromatic rings. The largest absolute Gasteiger partial charge is 0.346 e. The van der Waals surface area contributed by atoms with Gasteiger partial charge in [-0.2, -0.15) is 21.0 Å². The third kappa shape index (κ3) is 15.6. The Labute approximate surface area is 696 Å². The number of benzene rings is 8. The van der Waals surface area contributed by atoms with Crippen LogP contribution in [-0.4, -0.2) is 54.8 Å². The second-order valence-electron chi connectivity index (χ2n) is 28.0. The van der Waals surface area contributed by atoms with Crippen LogP contribution in [-0.2, 0) is 0 Å². The fourth-order valence-electron chi connectivity index (χ4n) is 14.6. The highest BCUT2D eigenvalue weighted by molar-refractivity contribution is 6.36. The van der Waals surface area contributed by atoms with Gasteiger partial charge in [0.25, 0.3) is 0 Å². The molecule has 19 nitrogen and oxygen atoms in total. The lowest BCUT2D eigenvalue weighted by atomic mass is 9.93. The van der Waals surface area contributed by atoms with E-state index in [9.17, 15) is 44.2 Å². The summed E-state index contributed by atoms with van der Waals surface area (Å²) in [5, 5.41) is 46.3. The highest BCUT2D eigenvalue weighted by atomic mass is 35.5. The third-order valence-corrected chi connectivity index (χ3v) is 21.0. The molecule has 0 saturated heterocycles. The number of nitrogens with one attached hydrogen (secondary N) is 4. The molecule has 0 bridgehead atoms. The number of fused-ring (bicyclic) bond motifs is 8. The van der Waals surface area contributed by atoms with Crippen LogP contribution in [0.2, 0.25) is 10.0 Å². The smallest absolute Gasteiger partial charge is 0.191 e. The van der Waals surface area contributed by atoms with Crippen molar-refractivity contribution in [3.8, 4) is 114 Å². The van der Waals surface area contributed by atoms with Crippen LogP contribution < -0.4 is 21.6 Å². The number of nitriles is 4. The Kier molecular flexibility index (Phi) is 20.9. The molecule has 121 heavy (non-hydrogen) atoms. The first-order valence-electron chi connectivity index (χ1n) is 37.4. The van der Waals surface area contributed by atoms with Crippen molar-refractivity contribution in [1.82, 2.24) is 54.8 Å². The van der Waals surface area contributed by atoms with Gasteiger partial charge in [0.05, 0.1) is 130 Å². The number of hydrogen-bond donors (Lipinski definition) is 4. The van der Waals surface area contributed by atoms with Gasteiger partial charge >= 0.3 is 0 Å². The summed E-state index contributed by atoms with van der Waals surface area (Å²) in [5.74, 6) is -0.109. The molecule has 1 aliphatic rings. The Bertz CT molecular complexity index is 7980. The Morgan fingerprint density at radius 1 is 0.380 bits per heavy atom. The fraction of sp³-hybridized carbons (Fsp3) is 0.0102. The number of anilines is 1. The first-order valence-corrected chi connectivity index (χ1v) is 38.2. The van der Waals surface area contributed by atoms with Crippen LogP contribution in [0.1, 0.15) is 33.4 Å². The number of allylic oxidation sites excluding steroid dienone is 1. The van der Waals surface area contributed by atoms with E-state index in [1.807, 2.05) is 146 Å². The molecule has 20 rings (SSSR count). The second-order valence-corrected chi connectivity index (χ2v) is 28.8. The third-order valence-electron chi connectivity index (χ3n) is 20.4. The maximum Gasteiger partial charge on any atom is 0.191 e. The maximum atomic E-state index is 13.8. The minimum absolute atomic E-state index is 0.122. The highest BCUT2D eigenvalue weighted by Gasteiger charge is 2.23. The number of halogens is 4. The second kappa shape index (κ2) is 32.9. The van der Waals surface area contributed by atoms with E-state index in [2.05, 4.69) is 83.2 Å². The average Bonchev–Trinajstić information content (AvgIpc) is 0.766. The van der Waals surface area contributed by atoms with Crippen molar-refractivity contribution >= 4 is 112 Å². The quantitative estimate of drug-likeness (QED) is 0.110. The summed E-state index contributed by atoms with van der Waals surface area (Å²) in [5.41, 5.74) is 20.7. The van der Waals surface area contributed by atoms with Gasteiger partial charge in [0, 0.05) is 126 Å². The number of rotatable bonds is 8. The minimum atomic E-state index is -0.422. The Balaban J connectivity index is 0.000000115. The number of aromatic nitrogens is 11. The van der Waals surface area contributed by atoms with Crippen LogP contribution in [0.4, 0.5) is 14.6 Å². The van der Waals surface area contributed by atoms with Gasteiger partial charge in [0.1, 0.15) is 34.4 Å². The number of hydrogen-bond acceptors (Lipinski definition) is 16. The molecular weight excluding hydrogens is 1560 g/mol. The molecular formula is C98H56Cl2F2N16O3. The first-order chi connectivity index (χ1) is 58.9. The summed E-state index contributed by atoms with van der Waals surface area (Å²) in [6, 6.07) is 77.1. The SMILES string of the molecule is C=C1C=Cc2cc(-c3cc(Cl)c4ncccc4c3)c(-c3cccc(C#N)c3)nc2N1.Cc1c(C#N)cccc1-c1nc2[nH]ccc(=O)c2cc1-c1ccc2ncc(F)cc2c1.N#Cc1cccc(-c2nc3[nH]ccc(=O)c3cc2-c2cc(Cl)c3ncccc3c2)c1.N#Cc1cccc(-c2nc3[nH]ccc(=O)c3cc2-c2ccc3ncc(F)cc3c2)c1. The molecule has 574 valence electrons. The molecule has 0 aliphatic carbocycles. The van der Waals surface area contributed by atoms with Crippen LogP contribution >= 0.6 is 23.2 Å². The van der Waals surface area contributed by atoms with Crippen molar-refractivity contribution in [1.29, 1.82) is 21.0 Å². The first kappa shape index (κ1) is 76.9. The van der Waals surface area contributed by atoms with Crippen LogP contribution in [0, 0.1) is 63.9 Å². The van der Waals surface area contributed by atoms with Crippen molar-refractivity contribution in [2.45, 2.75) is 6.92 Å². The Hall–Kier alpha value is -16.7. The van der Waals surface area contributed by atoms with Gasteiger partial charge in [-0.1, -0.05) is 103 Å². The van der Waals surface area contributed by atoms with Gasteiger partial charge in [-0.15, -0.1) is 0 Å². The molecule has 8 aromatic carbocycles. The molecule has 0 spiro atoms. The van der Waals surface area contributed by atoms with E-state index in [4.69, 9.17) is 43.1 Å². The molecule has 0 radical (unpaired) electrons. The van der Waals surface area contributed by atoms with E-state index in [0.29, 0.717) is 121 Å². The van der Waals surface area contributed by atoms with E-state index in [-0.39, 0.29) is 16.3 Å². The lowest BCUT2D eigenvalue weighted by Gasteiger charge is -2.19. The summed E-state index contributed by atoms with van der Waals surface area (Å²) in [7, 11) is 0. The van der Waals surface area contributed by atoms with Gasteiger partial charge < -0.3 is 20.3 Å². The molecule has 23 heteroatoms. The van der Waals surface area contributed by atoms with Gasteiger partial charge in [-0.05, 0) is 186 Å². The Morgan fingerprint density at radius 3 is 1.26 bits per heavy atom. The van der Waals surface area contributed by atoms with Crippen molar-refractivity contribution < 1.29 is 8.78 Å². The van der Waals surface area contributed by atoms with E-state index in [1.54, 1.807) is 91.6 Å². The lowest BCUT2D eigenvalue weighted by Crippen LogP contribution is -2.06. The molecule has 0 saturated carbocycles. The predicted octanol–water partition coefficient (Wildman–Crippen LogP) is 21.7. The van der Waals surface area contributed by atoms with E-state index < -0.39 is 11.6 Å². The number of pyridine rings is 11. The number of nitrogens with zero attached hydrogens (tertiary/aromatic N) is 12. The van der Waals surface area contributed by atoms with Crippen LogP contribution in [0.5, 0.6) is 0 Å². The molecule has 1 aliphatic heterocycles. The lowest BCUT2D eigenvalue weighted by molar-refractivity contribution is 0.624. The normalized spacial score (nSPS) is 11.3. The van der Waals surface area contributed by atoms with Crippen LogP contribution in [0.3, 0.4) is 0 Å². The van der Waals surface area contributed by atoms with Crippen LogP contribution in [0.15, 0.2) is 307 Å². The summed E-state index contributed by atoms with van der Waals surface area (Å²) in [6.45, 7) is 5.84. The van der Waals surface area contributed by atoms with Gasteiger partial charge in [-0.3, -0.25) is 34.3 Å². The standard InChI is InChI=1S/C25H15ClN4.C25H15FN4O.C24H13ClN4O.C24H13FN4O/c1-15-7-8-19-12-21(20-11-18-6-3-9-28-24(18)22(26)13-20)23(30-25(19)29-15)17-5-2-4-16(10-17)14-27;1-14-16(12-27)3-2-4-19(14)24-20(11-21-23(31)7-8-28-25(21)30-24)15-5-6-22-17(9-15)10-18(26)13-29-22;25-20-11-17(10-16-5-2-7-27-23(16)20)18-12-19-21(30)6-8-28-24(19)29-22(18)15-4-1-3-14(9-15)13-26;25-18-10-17-9-15(4-5-21(17)28-13-18)19-11-20-22(30)6-7-27-24(20)29-23(19)16-3-1-2-14(8-16)12-26/h2-13H,1H2,(H,29,30);2-11,13H,1H3,(H,28,30,31);1-12H,(H,28,29,30);1-11,13H,(H,27,29,30). The van der Waals surface area contributed by atoms with E-state index >= 15 is 0 Å². The topological polar surface area (TPSA) is 309 Å². The summed E-state index contributed by atoms with van der Waals surface area (Å²) in [6.07, 6.45) is 14.4. The number of aromatic amines is 3. The van der Waals surface area contributed by atoms with Gasteiger partial charge in [0.15, 0.2) is 16.3 Å². The summed E-state index contributed by atoms with van der Waals surface area (Å²) in [4.78, 5) is 82.5. The zero-order valence-corrected chi connectivity index (χ0v) is 65.0. The van der Waals surface area contributed by atoms with E-state index in [1.165, 1.54) is 42.7 Å². The van der Waals surface area contributed by atoms with Crippen molar-refractivity contribution in [3.05, 3.63) is 378 Å². The molecule has 0 amide bonds. The maximum absolute atomic E-state index is 13.8. The van der Waals surface area contributed by atoms with Crippen LogP contribution in [0.25, 0.3) is 172 Å². The monoisotopic (exact) mass is 1610 g/mol. The molecule has 11 aromatic heterocycles. The predicted molar refractivity (Wildman–Crippen MR) is 471 cm³/mol. The van der Waals surface area contributed by atoms with Crippen molar-refractivity contribution in [3.63, 3.8) is 0 Å². The fourth-order valence-corrected chi connectivity index (χ4v) is 15.1. The average molecular weight is 1610 g/mol. The molecule has 4 N–H and O–H groups in total. The zero-order chi connectivity index (χ0) is 83.5. The molecule has 0 fully saturated rings. The van der Waals surface area contributed by atoms with Crippen molar-refractivity contribution in [2.24, 2.45) is 0 Å². The summed E-state index contributed by atoms with van der Waals surface area (Å²) >= 11 is 13.1. The molecule has 0 unspecified atom stereocenters. The molecule has 12 heterocycles. The zero-order valence-electron chi connectivity index (χ0n) is 63.4. The number of H-pyrrole nitrogens is 3. The Morgan fingerprint density at radius 2 is 0.802 bits per heavy atom. The van der Waals surface area contributed by atoms with E-state index in [0.717, 1.165) is 100 Å². The van der Waals surface area contributed by atoms with Gasteiger partial charge in [-0.25, -0.2) is 28.7 Å². The minimum Gasteiger partial charge on any atom is -0.346 e. The van der Waals surface area contributed by atoms with Gasteiger partial charge in [0.2, 0.25) is 0 Å². The summed E-state index contributed by atoms with van der Waals surface area (Å²) < 4.78 is 27.5.